The summed E-state index contributed by atoms with van der Waals surface area (Å²) in [6.45, 7) is 0. The Labute approximate surface area is 211 Å². The molecule has 0 aliphatic rings. The second-order valence-electron chi connectivity index (χ2n) is 6.60. The Balaban J connectivity index is 0.000000182. The fourth-order valence-corrected chi connectivity index (χ4v) is 4.98. The van der Waals surface area contributed by atoms with E-state index in [1.807, 2.05) is 71.1 Å². The minimum absolute atomic E-state index is 0.0573. The van der Waals surface area contributed by atoms with E-state index >= 15 is 0 Å². The van der Waals surface area contributed by atoms with Gasteiger partial charge in [-0.05, 0) is 78.9 Å². The molecule has 0 fully saturated rings. The molecular formula is C24H18I2O6. The maximum Gasteiger partial charge on any atom is 0.341 e. The van der Waals surface area contributed by atoms with E-state index in [1.54, 1.807) is 13.2 Å². The highest BCUT2D eigenvalue weighted by Crippen LogP contribution is 2.34. The normalized spacial score (nSPS) is 10.4. The van der Waals surface area contributed by atoms with Crippen LogP contribution in [0.25, 0.3) is 21.5 Å². The minimum Gasteiger partial charge on any atom is -0.506 e. The molecule has 8 heteroatoms. The van der Waals surface area contributed by atoms with Crippen molar-refractivity contribution in [1.29, 1.82) is 0 Å². The topological polar surface area (TPSA) is 93.1 Å². The lowest BCUT2D eigenvalue weighted by atomic mass is 10.1. The number of ether oxygens (including phenoxy) is 2. The summed E-state index contributed by atoms with van der Waals surface area (Å²) in [5.74, 6) is -1.10. The number of carboxylic acid groups (broad SMARTS) is 1. The molecule has 0 saturated heterocycles. The van der Waals surface area contributed by atoms with Gasteiger partial charge in [-0.15, -0.1) is 0 Å². The quantitative estimate of drug-likeness (QED) is 0.205. The van der Waals surface area contributed by atoms with Crippen LogP contribution in [0.3, 0.4) is 0 Å². The summed E-state index contributed by atoms with van der Waals surface area (Å²) in [6, 6.07) is 18.5. The Morgan fingerprint density at radius 1 is 0.812 bits per heavy atom. The van der Waals surface area contributed by atoms with Crippen molar-refractivity contribution in [1.82, 2.24) is 0 Å². The van der Waals surface area contributed by atoms with Crippen molar-refractivity contribution in [3.05, 3.63) is 78.9 Å². The van der Waals surface area contributed by atoms with Crippen LogP contribution in [0.2, 0.25) is 0 Å². The molecule has 164 valence electrons. The lowest BCUT2D eigenvalue weighted by molar-refractivity contribution is 0.0596. The van der Waals surface area contributed by atoms with Gasteiger partial charge in [0.1, 0.15) is 22.6 Å². The van der Waals surface area contributed by atoms with Gasteiger partial charge in [-0.3, -0.25) is 0 Å². The van der Waals surface area contributed by atoms with E-state index in [1.165, 1.54) is 13.2 Å². The predicted molar refractivity (Wildman–Crippen MR) is 140 cm³/mol. The first-order valence-corrected chi connectivity index (χ1v) is 11.4. The number of hydrogen-bond acceptors (Lipinski definition) is 5. The number of carboxylic acids is 1. The number of fused-ring (bicyclic) bond motifs is 2. The molecule has 0 aromatic heterocycles. The number of halogens is 2. The molecule has 2 N–H and O–H groups in total. The zero-order valence-electron chi connectivity index (χ0n) is 17.1. The molecule has 4 rings (SSSR count). The summed E-state index contributed by atoms with van der Waals surface area (Å²) in [4.78, 5) is 22.5. The maximum absolute atomic E-state index is 11.7. The third-order valence-corrected chi connectivity index (χ3v) is 6.90. The van der Waals surface area contributed by atoms with Crippen LogP contribution in [-0.4, -0.2) is 36.4 Å². The standard InChI is InChI=1S/C13H11IO3.C11H7IO3/c1-16-12-10(13(15)17-2)7-8-5-3-4-6-9(8)11(12)14;12-9-7-4-2-1-3-6(7)5-8(10(9)13)11(14)15/h3-7H,1-2H3;1-5,13H,(H,14,15). The highest BCUT2D eigenvalue weighted by Gasteiger charge is 2.18. The summed E-state index contributed by atoms with van der Waals surface area (Å²) in [6.07, 6.45) is 0. The third-order valence-electron chi connectivity index (χ3n) is 4.74. The first-order chi connectivity index (χ1) is 15.3. The molecule has 0 amide bonds. The Bertz CT molecular complexity index is 1330. The van der Waals surface area contributed by atoms with E-state index in [9.17, 15) is 14.7 Å². The summed E-state index contributed by atoms with van der Waals surface area (Å²) < 4.78 is 11.6. The number of rotatable bonds is 3. The number of esters is 1. The van der Waals surface area contributed by atoms with Crippen LogP contribution < -0.4 is 4.74 Å². The van der Waals surface area contributed by atoms with E-state index in [-0.39, 0.29) is 17.3 Å². The minimum atomic E-state index is -1.11. The van der Waals surface area contributed by atoms with Crippen molar-refractivity contribution in [2.75, 3.05) is 14.2 Å². The third kappa shape index (κ3) is 4.75. The molecular weight excluding hydrogens is 638 g/mol. The van der Waals surface area contributed by atoms with Crippen LogP contribution in [0.4, 0.5) is 0 Å². The van der Waals surface area contributed by atoms with Gasteiger partial charge in [0.15, 0.2) is 0 Å². The van der Waals surface area contributed by atoms with Gasteiger partial charge in [0.2, 0.25) is 0 Å². The monoisotopic (exact) mass is 656 g/mol. The van der Waals surface area contributed by atoms with Crippen molar-refractivity contribution in [3.63, 3.8) is 0 Å². The largest absolute Gasteiger partial charge is 0.506 e. The number of hydrogen-bond donors (Lipinski definition) is 2. The van der Waals surface area contributed by atoms with Crippen molar-refractivity contribution in [2.24, 2.45) is 0 Å². The zero-order valence-corrected chi connectivity index (χ0v) is 21.4. The molecule has 0 aliphatic carbocycles. The molecule has 0 heterocycles. The molecule has 0 aliphatic heterocycles. The highest BCUT2D eigenvalue weighted by atomic mass is 127. The maximum atomic E-state index is 11.7. The Morgan fingerprint density at radius 2 is 1.31 bits per heavy atom. The van der Waals surface area contributed by atoms with Gasteiger partial charge in [-0.2, -0.15) is 0 Å². The molecule has 4 aromatic carbocycles. The summed E-state index contributed by atoms with van der Waals surface area (Å²) in [5, 5.41) is 22.3. The van der Waals surface area contributed by atoms with Gasteiger partial charge >= 0.3 is 11.9 Å². The SMILES string of the molecule is COC(=O)c1cc2ccccc2c(I)c1OC.O=C(O)c1cc2ccccc2c(I)c1O. The van der Waals surface area contributed by atoms with Crippen LogP contribution in [-0.2, 0) is 4.74 Å². The van der Waals surface area contributed by atoms with Gasteiger partial charge < -0.3 is 19.7 Å². The predicted octanol–water partition coefficient (Wildman–Crippen LogP) is 6.09. The van der Waals surface area contributed by atoms with E-state index in [2.05, 4.69) is 22.6 Å². The van der Waals surface area contributed by atoms with Gasteiger partial charge in [0, 0.05) is 0 Å². The van der Waals surface area contributed by atoms with Crippen molar-refractivity contribution in [3.8, 4) is 11.5 Å². The van der Waals surface area contributed by atoms with Gasteiger partial charge in [-0.1, -0.05) is 48.5 Å². The number of aromatic hydroxyl groups is 1. The molecule has 0 spiro atoms. The number of aromatic carboxylic acids is 1. The Hall–Kier alpha value is -2.60. The summed E-state index contributed by atoms with van der Waals surface area (Å²) in [7, 11) is 2.92. The van der Waals surface area contributed by atoms with Crippen LogP contribution in [0.1, 0.15) is 20.7 Å². The van der Waals surface area contributed by atoms with Gasteiger partial charge in [0.25, 0.3) is 0 Å². The number of carbonyl (C=O) groups excluding carboxylic acids is 1. The average molecular weight is 656 g/mol. The van der Waals surface area contributed by atoms with Crippen LogP contribution in [0.5, 0.6) is 11.5 Å². The Kier molecular flexibility index (Phi) is 7.77. The van der Waals surface area contributed by atoms with E-state index in [4.69, 9.17) is 14.6 Å². The number of benzene rings is 4. The lowest BCUT2D eigenvalue weighted by Gasteiger charge is -2.11. The van der Waals surface area contributed by atoms with E-state index in [0.717, 1.165) is 25.1 Å². The molecule has 0 atom stereocenters. The second-order valence-corrected chi connectivity index (χ2v) is 8.75. The van der Waals surface area contributed by atoms with Crippen molar-refractivity contribution < 1.29 is 29.3 Å². The lowest BCUT2D eigenvalue weighted by Crippen LogP contribution is -2.05. The van der Waals surface area contributed by atoms with Crippen LogP contribution >= 0.6 is 45.2 Å². The number of methoxy groups -OCH3 is 2. The van der Waals surface area contributed by atoms with Crippen LogP contribution in [0, 0.1) is 7.14 Å². The zero-order chi connectivity index (χ0) is 23.4. The smallest absolute Gasteiger partial charge is 0.341 e. The van der Waals surface area contributed by atoms with Crippen molar-refractivity contribution >= 4 is 78.7 Å². The molecule has 0 bridgehead atoms. The first-order valence-electron chi connectivity index (χ1n) is 9.27. The highest BCUT2D eigenvalue weighted by molar-refractivity contribution is 14.1. The van der Waals surface area contributed by atoms with Gasteiger partial charge in [0.05, 0.1) is 21.4 Å². The fourth-order valence-electron chi connectivity index (χ4n) is 3.20. The van der Waals surface area contributed by atoms with Gasteiger partial charge in [-0.25, -0.2) is 9.59 Å². The molecule has 4 aromatic rings. The first kappa shape index (κ1) is 24.1. The Morgan fingerprint density at radius 3 is 1.81 bits per heavy atom. The summed E-state index contributed by atoms with van der Waals surface area (Å²) >= 11 is 4.13. The average Bonchev–Trinajstić information content (AvgIpc) is 2.81. The molecule has 6 nitrogen and oxygen atoms in total. The summed E-state index contributed by atoms with van der Waals surface area (Å²) in [5.41, 5.74) is 0.399. The van der Waals surface area contributed by atoms with E-state index < -0.39 is 5.97 Å². The molecule has 0 radical (unpaired) electrons. The number of carbonyl (C=O) groups is 2. The van der Waals surface area contributed by atoms with Crippen molar-refractivity contribution in [2.45, 2.75) is 0 Å². The van der Waals surface area contributed by atoms with E-state index in [0.29, 0.717) is 14.9 Å². The molecule has 0 unspecified atom stereocenters. The molecule has 32 heavy (non-hydrogen) atoms. The van der Waals surface area contributed by atoms with Crippen LogP contribution in [0.15, 0.2) is 60.7 Å². The molecule has 0 saturated carbocycles. The second kappa shape index (κ2) is 10.3. The fraction of sp³-hybridized carbons (Fsp3) is 0.0833. The number of phenols is 1.